The Morgan fingerprint density at radius 2 is 2.18 bits per heavy atom. The van der Waals surface area contributed by atoms with Crippen LogP contribution in [-0.2, 0) is 6.61 Å². The van der Waals surface area contributed by atoms with Gasteiger partial charge in [-0.1, -0.05) is 13.8 Å². The average molecular weight is 239 g/mol. The molecule has 5 nitrogen and oxygen atoms in total. The lowest BCUT2D eigenvalue weighted by Gasteiger charge is -2.09. The Labute approximate surface area is 100 Å². The number of ether oxygens (including phenoxy) is 1. The summed E-state index contributed by atoms with van der Waals surface area (Å²) in [6.07, 6.45) is 0.834. The zero-order valence-electron chi connectivity index (χ0n) is 10.0. The van der Waals surface area contributed by atoms with E-state index >= 15 is 0 Å². The summed E-state index contributed by atoms with van der Waals surface area (Å²) in [6.45, 7) is 4.40. The molecular formula is C12H17NO4. The molecular weight excluding hydrogens is 222 g/mol. The van der Waals surface area contributed by atoms with Crippen LogP contribution in [0.1, 0.15) is 25.8 Å². The molecule has 17 heavy (non-hydrogen) atoms. The summed E-state index contributed by atoms with van der Waals surface area (Å²) in [5.74, 6) is 0.706. The summed E-state index contributed by atoms with van der Waals surface area (Å²) in [6, 6.07) is 4.39. The fraction of sp³-hybridized carbons (Fsp3) is 0.500. The first-order chi connectivity index (χ1) is 8.04. The highest BCUT2D eigenvalue weighted by molar-refractivity contribution is 5.48. The van der Waals surface area contributed by atoms with E-state index in [9.17, 15) is 10.1 Å². The second-order valence-electron chi connectivity index (χ2n) is 4.25. The van der Waals surface area contributed by atoms with Crippen molar-refractivity contribution in [3.05, 3.63) is 33.9 Å². The first-order valence-corrected chi connectivity index (χ1v) is 5.55. The van der Waals surface area contributed by atoms with Crippen molar-refractivity contribution >= 4 is 5.69 Å². The first kappa shape index (κ1) is 13.4. The number of nitro benzene ring substituents is 1. The van der Waals surface area contributed by atoms with Crippen molar-refractivity contribution in [2.45, 2.75) is 26.9 Å². The number of aliphatic hydroxyl groups is 1. The van der Waals surface area contributed by atoms with Crippen molar-refractivity contribution in [3.8, 4) is 5.75 Å². The fourth-order valence-electron chi connectivity index (χ4n) is 1.33. The molecule has 0 bridgehead atoms. The lowest BCUT2D eigenvalue weighted by Crippen LogP contribution is -2.04. The third-order valence-corrected chi connectivity index (χ3v) is 2.36. The molecule has 0 saturated carbocycles. The minimum absolute atomic E-state index is 0.0639. The van der Waals surface area contributed by atoms with Crippen molar-refractivity contribution in [2.24, 2.45) is 5.92 Å². The Hall–Kier alpha value is -1.62. The summed E-state index contributed by atoms with van der Waals surface area (Å²) >= 11 is 0. The van der Waals surface area contributed by atoms with Crippen LogP contribution in [0.4, 0.5) is 5.69 Å². The molecule has 0 fully saturated rings. The Morgan fingerprint density at radius 3 is 2.71 bits per heavy atom. The summed E-state index contributed by atoms with van der Waals surface area (Å²) < 4.78 is 5.40. The van der Waals surface area contributed by atoms with Crippen LogP contribution in [0.25, 0.3) is 0 Å². The minimum Gasteiger partial charge on any atom is -0.487 e. The van der Waals surface area contributed by atoms with Crippen molar-refractivity contribution in [3.63, 3.8) is 0 Å². The maximum absolute atomic E-state index is 10.8. The normalized spacial score (nSPS) is 10.6. The molecule has 0 aliphatic heterocycles. The monoisotopic (exact) mass is 239 g/mol. The van der Waals surface area contributed by atoms with Crippen molar-refractivity contribution in [1.29, 1.82) is 0 Å². The van der Waals surface area contributed by atoms with E-state index in [1.165, 1.54) is 18.2 Å². The van der Waals surface area contributed by atoms with Crippen molar-refractivity contribution in [2.75, 3.05) is 6.61 Å². The fourth-order valence-corrected chi connectivity index (χ4v) is 1.33. The smallest absolute Gasteiger partial charge is 0.310 e. The number of benzene rings is 1. The third-order valence-electron chi connectivity index (χ3n) is 2.36. The second-order valence-corrected chi connectivity index (χ2v) is 4.25. The number of hydrogen-bond acceptors (Lipinski definition) is 4. The summed E-state index contributed by atoms with van der Waals surface area (Å²) in [5, 5.41) is 19.8. The number of rotatable bonds is 6. The topological polar surface area (TPSA) is 72.6 Å². The van der Waals surface area contributed by atoms with Gasteiger partial charge in [0.05, 0.1) is 18.1 Å². The first-order valence-electron chi connectivity index (χ1n) is 5.55. The lowest BCUT2D eigenvalue weighted by atomic mass is 10.1. The van der Waals surface area contributed by atoms with Crippen LogP contribution in [0.5, 0.6) is 5.75 Å². The van der Waals surface area contributed by atoms with Gasteiger partial charge in [-0.15, -0.1) is 0 Å². The number of aliphatic hydroxyl groups excluding tert-OH is 1. The minimum atomic E-state index is -0.480. The summed E-state index contributed by atoms with van der Waals surface area (Å²) in [7, 11) is 0. The lowest BCUT2D eigenvalue weighted by molar-refractivity contribution is -0.385. The maximum atomic E-state index is 10.8. The molecule has 0 amide bonds. The number of hydrogen-bond donors (Lipinski definition) is 1. The van der Waals surface area contributed by atoms with Gasteiger partial charge in [-0.3, -0.25) is 10.1 Å². The molecule has 1 aromatic carbocycles. The molecule has 0 saturated heterocycles. The Balaban J connectivity index is 2.82. The average Bonchev–Trinajstić information content (AvgIpc) is 2.28. The maximum Gasteiger partial charge on any atom is 0.310 e. The van der Waals surface area contributed by atoms with E-state index in [2.05, 4.69) is 13.8 Å². The van der Waals surface area contributed by atoms with E-state index in [1.807, 2.05) is 0 Å². The SMILES string of the molecule is CC(C)CCOc1cc(CO)ccc1[N+](=O)[O-]. The molecule has 0 aliphatic rings. The molecule has 0 spiro atoms. The van der Waals surface area contributed by atoms with Gasteiger partial charge in [0.25, 0.3) is 0 Å². The highest BCUT2D eigenvalue weighted by Crippen LogP contribution is 2.28. The zero-order valence-corrected chi connectivity index (χ0v) is 10.0. The quantitative estimate of drug-likeness (QED) is 0.611. The largest absolute Gasteiger partial charge is 0.487 e. The molecule has 5 heteroatoms. The molecule has 0 aromatic heterocycles. The predicted octanol–water partition coefficient (Wildman–Crippen LogP) is 2.51. The van der Waals surface area contributed by atoms with E-state index in [-0.39, 0.29) is 18.0 Å². The second kappa shape index (κ2) is 6.20. The molecule has 0 unspecified atom stereocenters. The summed E-state index contributed by atoms with van der Waals surface area (Å²) in [5.41, 5.74) is 0.543. The van der Waals surface area contributed by atoms with Crippen LogP contribution in [-0.4, -0.2) is 16.6 Å². The highest BCUT2D eigenvalue weighted by atomic mass is 16.6. The van der Waals surface area contributed by atoms with Crippen molar-refractivity contribution in [1.82, 2.24) is 0 Å². The van der Waals surface area contributed by atoms with Crippen LogP contribution < -0.4 is 4.74 Å². The van der Waals surface area contributed by atoms with Gasteiger partial charge in [0.1, 0.15) is 0 Å². The molecule has 0 atom stereocenters. The zero-order chi connectivity index (χ0) is 12.8. The van der Waals surface area contributed by atoms with Gasteiger partial charge < -0.3 is 9.84 Å². The van der Waals surface area contributed by atoms with Crippen LogP contribution in [0.2, 0.25) is 0 Å². The Bertz CT molecular complexity index is 390. The van der Waals surface area contributed by atoms with Gasteiger partial charge in [0.15, 0.2) is 5.75 Å². The van der Waals surface area contributed by atoms with Gasteiger partial charge >= 0.3 is 5.69 Å². The van der Waals surface area contributed by atoms with Crippen molar-refractivity contribution < 1.29 is 14.8 Å². The molecule has 94 valence electrons. The van der Waals surface area contributed by atoms with Gasteiger partial charge in [0.2, 0.25) is 0 Å². The highest BCUT2D eigenvalue weighted by Gasteiger charge is 2.15. The third kappa shape index (κ3) is 4.03. The van der Waals surface area contributed by atoms with E-state index < -0.39 is 4.92 Å². The van der Waals surface area contributed by atoms with E-state index in [0.717, 1.165) is 6.42 Å². The van der Waals surface area contributed by atoms with Gasteiger partial charge in [-0.05, 0) is 30.0 Å². The van der Waals surface area contributed by atoms with Gasteiger partial charge in [0, 0.05) is 6.07 Å². The Morgan fingerprint density at radius 1 is 1.47 bits per heavy atom. The molecule has 0 radical (unpaired) electrons. The van der Waals surface area contributed by atoms with Crippen LogP contribution in [0.3, 0.4) is 0 Å². The molecule has 1 N–H and O–H groups in total. The molecule has 1 aromatic rings. The summed E-state index contributed by atoms with van der Waals surface area (Å²) in [4.78, 5) is 10.3. The predicted molar refractivity (Wildman–Crippen MR) is 64.0 cm³/mol. The van der Waals surface area contributed by atoms with Crippen LogP contribution in [0, 0.1) is 16.0 Å². The molecule has 1 rings (SSSR count). The van der Waals surface area contributed by atoms with E-state index in [1.54, 1.807) is 0 Å². The standard InChI is InChI=1S/C12H17NO4/c1-9(2)5-6-17-12-7-10(8-14)3-4-11(12)13(15)16/h3-4,7,9,14H,5-6,8H2,1-2H3. The van der Waals surface area contributed by atoms with Gasteiger partial charge in [-0.25, -0.2) is 0 Å². The van der Waals surface area contributed by atoms with Crippen LogP contribution in [0.15, 0.2) is 18.2 Å². The van der Waals surface area contributed by atoms with E-state index in [0.29, 0.717) is 18.1 Å². The molecule has 0 aliphatic carbocycles. The number of nitrogens with zero attached hydrogens (tertiary/aromatic N) is 1. The Kier molecular flexibility index (Phi) is 4.90. The molecule has 0 heterocycles. The van der Waals surface area contributed by atoms with Crippen LogP contribution >= 0.6 is 0 Å². The van der Waals surface area contributed by atoms with E-state index in [4.69, 9.17) is 9.84 Å². The number of nitro groups is 1. The van der Waals surface area contributed by atoms with Gasteiger partial charge in [-0.2, -0.15) is 0 Å².